The van der Waals surface area contributed by atoms with E-state index in [0.717, 1.165) is 28.4 Å². The Morgan fingerprint density at radius 2 is 2.22 bits per heavy atom. The minimum absolute atomic E-state index is 0.0826. The van der Waals surface area contributed by atoms with Gasteiger partial charge >= 0.3 is 0 Å². The van der Waals surface area contributed by atoms with Gasteiger partial charge in [-0.3, -0.25) is 4.79 Å². The van der Waals surface area contributed by atoms with E-state index >= 15 is 0 Å². The molecule has 0 spiro atoms. The van der Waals surface area contributed by atoms with Gasteiger partial charge in [0, 0.05) is 16.9 Å². The summed E-state index contributed by atoms with van der Waals surface area (Å²) in [6, 6.07) is 5.58. The van der Waals surface area contributed by atoms with Gasteiger partial charge in [-0.25, -0.2) is 0 Å². The predicted molar refractivity (Wildman–Crippen MR) is 77.4 cm³/mol. The van der Waals surface area contributed by atoms with E-state index in [2.05, 4.69) is 6.92 Å². The van der Waals surface area contributed by atoms with E-state index in [9.17, 15) is 4.79 Å². The fraction of sp³-hybridized carbons (Fsp3) is 0.500. The summed E-state index contributed by atoms with van der Waals surface area (Å²) in [7, 11) is 1.65. The Morgan fingerprint density at radius 1 is 1.50 bits per heavy atom. The molecular formula is C14H21NO2S. The highest BCUT2D eigenvalue weighted by atomic mass is 32.2. The molecule has 18 heavy (non-hydrogen) atoms. The smallest absolute Gasteiger partial charge is 0.159 e. The van der Waals surface area contributed by atoms with E-state index < -0.39 is 0 Å². The van der Waals surface area contributed by atoms with Crippen molar-refractivity contribution in [1.29, 1.82) is 0 Å². The van der Waals surface area contributed by atoms with Crippen molar-refractivity contribution in [3.05, 3.63) is 29.3 Å². The largest absolute Gasteiger partial charge is 0.496 e. The fourth-order valence-electron chi connectivity index (χ4n) is 1.55. The summed E-state index contributed by atoms with van der Waals surface area (Å²) in [5.74, 6) is 3.29. The molecule has 0 aliphatic rings. The third kappa shape index (κ3) is 4.35. The molecule has 3 nitrogen and oxygen atoms in total. The van der Waals surface area contributed by atoms with Crippen LogP contribution in [0, 0.1) is 5.92 Å². The van der Waals surface area contributed by atoms with Crippen molar-refractivity contribution in [2.75, 3.05) is 19.4 Å². The van der Waals surface area contributed by atoms with Crippen LogP contribution in [0.1, 0.15) is 29.8 Å². The normalized spacial score (nSPS) is 12.2. The summed E-state index contributed by atoms with van der Waals surface area (Å²) >= 11 is 1.82. The Labute approximate surface area is 113 Å². The first-order valence-electron chi connectivity index (χ1n) is 6.04. The van der Waals surface area contributed by atoms with Crippen LogP contribution in [0.15, 0.2) is 18.2 Å². The van der Waals surface area contributed by atoms with Gasteiger partial charge in [0.05, 0.1) is 7.11 Å². The Morgan fingerprint density at radius 3 is 2.78 bits per heavy atom. The monoisotopic (exact) mass is 267 g/mol. The molecule has 2 N–H and O–H groups in total. The maximum Gasteiger partial charge on any atom is 0.159 e. The van der Waals surface area contributed by atoms with Crippen molar-refractivity contribution in [3.8, 4) is 5.75 Å². The molecule has 4 heteroatoms. The number of methoxy groups -OCH3 is 1. The standard InChI is InChI=1S/C14H21NO2S/c1-10(7-15)8-18-9-13-6-12(11(2)16)4-5-14(13)17-3/h4-6,10H,7-9,15H2,1-3H3. The van der Waals surface area contributed by atoms with Crippen LogP contribution in [0.5, 0.6) is 5.75 Å². The first-order chi connectivity index (χ1) is 8.58. The number of nitrogens with two attached hydrogens (primary N) is 1. The lowest BCUT2D eigenvalue weighted by Crippen LogP contribution is -2.12. The average molecular weight is 267 g/mol. The van der Waals surface area contributed by atoms with Gasteiger partial charge in [-0.2, -0.15) is 11.8 Å². The molecule has 100 valence electrons. The highest BCUT2D eigenvalue weighted by Crippen LogP contribution is 2.25. The van der Waals surface area contributed by atoms with E-state index in [1.54, 1.807) is 20.1 Å². The summed E-state index contributed by atoms with van der Waals surface area (Å²) in [6.45, 7) is 4.42. The number of benzene rings is 1. The molecule has 0 aliphatic heterocycles. The van der Waals surface area contributed by atoms with Gasteiger partial charge in [0.2, 0.25) is 0 Å². The van der Waals surface area contributed by atoms with Crippen LogP contribution in [-0.2, 0) is 5.75 Å². The molecular weight excluding hydrogens is 246 g/mol. The lowest BCUT2D eigenvalue weighted by atomic mass is 10.1. The van der Waals surface area contributed by atoms with Crippen molar-refractivity contribution in [1.82, 2.24) is 0 Å². The molecule has 0 saturated heterocycles. The first-order valence-corrected chi connectivity index (χ1v) is 7.19. The van der Waals surface area contributed by atoms with Crippen LogP contribution < -0.4 is 10.5 Å². The minimum Gasteiger partial charge on any atom is -0.496 e. The van der Waals surface area contributed by atoms with Gasteiger partial charge in [-0.05, 0) is 43.3 Å². The van der Waals surface area contributed by atoms with Crippen LogP contribution in [0.2, 0.25) is 0 Å². The SMILES string of the molecule is COc1ccc(C(C)=O)cc1CSCC(C)CN. The third-order valence-corrected chi connectivity index (χ3v) is 4.07. The van der Waals surface area contributed by atoms with Crippen LogP contribution >= 0.6 is 11.8 Å². The van der Waals surface area contributed by atoms with E-state index in [1.165, 1.54) is 0 Å². The molecule has 1 rings (SSSR count). The first kappa shape index (κ1) is 15.1. The van der Waals surface area contributed by atoms with Gasteiger partial charge in [0.25, 0.3) is 0 Å². The molecule has 0 aromatic heterocycles. The number of ketones is 1. The lowest BCUT2D eigenvalue weighted by Gasteiger charge is -2.11. The predicted octanol–water partition coefficient (Wildman–Crippen LogP) is 2.73. The van der Waals surface area contributed by atoms with Crippen molar-refractivity contribution in [2.24, 2.45) is 11.7 Å². The number of thioether (sulfide) groups is 1. The highest BCUT2D eigenvalue weighted by molar-refractivity contribution is 7.98. The molecule has 1 atom stereocenters. The number of carbonyl (C=O) groups excluding carboxylic acids is 1. The van der Waals surface area contributed by atoms with Gasteiger partial charge in [0.1, 0.15) is 5.75 Å². The Balaban J connectivity index is 2.72. The molecule has 0 radical (unpaired) electrons. The number of hydrogen-bond donors (Lipinski definition) is 1. The highest BCUT2D eigenvalue weighted by Gasteiger charge is 2.08. The van der Waals surface area contributed by atoms with E-state index in [4.69, 9.17) is 10.5 Å². The van der Waals surface area contributed by atoms with Crippen molar-refractivity contribution in [2.45, 2.75) is 19.6 Å². The molecule has 1 aromatic rings. The third-order valence-electron chi connectivity index (χ3n) is 2.75. The summed E-state index contributed by atoms with van der Waals surface area (Å²) in [4.78, 5) is 11.4. The molecule has 1 unspecified atom stereocenters. The van der Waals surface area contributed by atoms with Crippen LogP contribution in [0.4, 0.5) is 0 Å². The summed E-state index contributed by atoms with van der Waals surface area (Å²) < 4.78 is 5.31. The number of ether oxygens (including phenoxy) is 1. The second-order valence-electron chi connectivity index (χ2n) is 4.44. The maximum absolute atomic E-state index is 11.4. The van der Waals surface area contributed by atoms with Gasteiger partial charge < -0.3 is 10.5 Å². The second kappa shape index (κ2) is 7.44. The number of rotatable bonds is 7. The maximum atomic E-state index is 11.4. The average Bonchev–Trinajstić information content (AvgIpc) is 2.38. The van der Waals surface area contributed by atoms with Crippen LogP contribution in [0.25, 0.3) is 0 Å². The molecule has 0 aliphatic carbocycles. The van der Waals surface area contributed by atoms with Crippen LogP contribution in [0.3, 0.4) is 0 Å². The lowest BCUT2D eigenvalue weighted by molar-refractivity contribution is 0.101. The van der Waals surface area contributed by atoms with Crippen molar-refractivity contribution in [3.63, 3.8) is 0 Å². The Kier molecular flexibility index (Phi) is 6.22. The van der Waals surface area contributed by atoms with Gasteiger partial charge in [-0.15, -0.1) is 0 Å². The van der Waals surface area contributed by atoms with Gasteiger partial charge in [0.15, 0.2) is 5.78 Å². The van der Waals surface area contributed by atoms with E-state index in [-0.39, 0.29) is 5.78 Å². The van der Waals surface area contributed by atoms with Crippen molar-refractivity contribution >= 4 is 17.5 Å². The minimum atomic E-state index is 0.0826. The second-order valence-corrected chi connectivity index (χ2v) is 5.47. The molecule has 0 saturated carbocycles. The Bertz CT molecular complexity index is 407. The van der Waals surface area contributed by atoms with Crippen molar-refractivity contribution < 1.29 is 9.53 Å². The summed E-state index contributed by atoms with van der Waals surface area (Å²) in [6.07, 6.45) is 0. The number of Topliss-reactive ketones (excluding diaryl/α,β-unsaturated/α-hetero) is 1. The summed E-state index contributed by atoms with van der Waals surface area (Å²) in [5, 5.41) is 0. The van der Waals surface area contributed by atoms with Crippen LogP contribution in [-0.4, -0.2) is 25.2 Å². The molecule has 0 bridgehead atoms. The quantitative estimate of drug-likeness (QED) is 0.772. The zero-order valence-corrected chi connectivity index (χ0v) is 12.0. The molecule has 0 heterocycles. The van der Waals surface area contributed by atoms with Gasteiger partial charge in [-0.1, -0.05) is 6.92 Å². The molecule has 0 fully saturated rings. The fourth-order valence-corrected chi connectivity index (χ4v) is 2.65. The molecule has 0 amide bonds. The number of hydrogen-bond acceptors (Lipinski definition) is 4. The van der Waals surface area contributed by atoms with E-state index in [1.807, 2.05) is 23.9 Å². The summed E-state index contributed by atoms with van der Waals surface area (Å²) in [5.41, 5.74) is 7.39. The Hall–Kier alpha value is -1.00. The zero-order valence-electron chi connectivity index (χ0n) is 11.2. The van der Waals surface area contributed by atoms with E-state index in [0.29, 0.717) is 12.5 Å². The number of carbonyl (C=O) groups is 1. The zero-order chi connectivity index (χ0) is 13.5. The topological polar surface area (TPSA) is 52.3 Å². The molecule has 1 aromatic carbocycles.